The first kappa shape index (κ1) is 19.5. The predicted octanol–water partition coefficient (Wildman–Crippen LogP) is 1.74. The highest BCUT2D eigenvalue weighted by Gasteiger charge is 2.33. The van der Waals surface area contributed by atoms with Crippen molar-refractivity contribution >= 4 is 29.6 Å². The smallest absolute Gasteiger partial charge is 0.245 e. The standard InChI is InChI=1S/C16H21ClFN3O.CH3NO/c17-11-7-12(18)9-13(8-11)20-15-4-2-6-21(16(15)22)14-3-1-5-19-10-14;2-1-3/h7-9,14-15,19-20H,1-6,10H2;1H,(H2,2,3). The summed E-state index contributed by atoms with van der Waals surface area (Å²) in [6, 6.07) is 4.27. The van der Waals surface area contributed by atoms with E-state index in [9.17, 15) is 9.18 Å². The molecule has 138 valence electrons. The second-order valence-corrected chi connectivity index (χ2v) is 6.60. The molecule has 3 rings (SSSR count). The number of rotatable bonds is 3. The Morgan fingerprint density at radius 1 is 1.32 bits per heavy atom. The summed E-state index contributed by atoms with van der Waals surface area (Å²) in [5.41, 5.74) is 4.73. The summed E-state index contributed by atoms with van der Waals surface area (Å²) in [7, 11) is 0. The fourth-order valence-corrected chi connectivity index (χ4v) is 3.56. The number of primary amides is 1. The Morgan fingerprint density at radius 2 is 2.08 bits per heavy atom. The van der Waals surface area contributed by atoms with Crippen molar-refractivity contribution in [3.8, 4) is 0 Å². The van der Waals surface area contributed by atoms with E-state index >= 15 is 0 Å². The molecule has 2 unspecified atom stereocenters. The van der Waals surface area contributed by atoms with Crippen LogP contribution in [0.2, 0.25) is 5.02 Å². The number of nitrogens with one attached hydrogen (secondary N) is 2. The molecule has 2 atom stereocenters. The molecule has 0 bridgehead atoms. The summed E-state index contributed by atoms with van der Waals surface area (Å²) < 4.78 is 13.4. The summed E-state index contributed by atoms with van der Waals surface area (Å²) in [6.45, 7) is 2.71. The number of carbonyl (C=O) groups excluding carboxylic acids is 2. The molecule has 8 heteroatoms. The minimum atomic E-state index is -0.397. The van der Waals surface area contributed by atoms with Crippen molar-refractivity contribution in [2.75, 3.05) is 25.0 Å². The van der Waals surface area contributed by atoms with E-state index in [1.165, 1.54) is 12.1 Å². The van der Waals surface area contributed by atoms with Crippen molar-refractivity contribution in [1.29, 1.82) is 0 Å². The van der Waals surface area contributed by atoms with E-state index in [0.29, 0.717) is 10.7 Å². The lowest BCUT2D eigenvalue weighted by Crippen LogP contribution is -2.55. The number of likely N-dealkylation sites (tertiary alicyclic amines) is 1. The zero-order chi connectivity index (χ0) is 18.2. The Hall–Kier alpha value is -1.86. The molecule has 0 aromatic heterocycles. The predicted molar refractivity (Wildman–Crippen MR) is 95.9 cm³/mol. The van der Waals surface area contributed by atoms with Gasteiger partial charge in [0.15, 0.2) is 0 Å². The number of benzene rings is 1. The van der Waals surface area contributed by atoms with Crippen molar-refractivity contribution in [3.05, 3.63) is 29.0 Å². The van der Waals surface area contributed by atoms with Crippen LogP contribution < -0.4 is 16.4 Å². The maximum atomic E-state index is 13.4. The van der Waals surface area contributed by atoms with E-state index in [-0.39, 0.29) is 24.4 Å². The van der Waals surface area contributed by atoms with Crippen LogP contribution in [0.5, 0.6) is 0 Å². The van der Waals surface area contributed by atoms with Gasteiger partial charge in [-0.25, -0.2) is 4.39 Å². The molecule has 2 aliphatic heterocycles. The number of anilines is 1. The third kappa shape index (κ3) is 5.57. The molecule has 1 aromatic rings. The first-order valence-electron chi connectivity index (χ1n) is 8.44. The number of halogens is 2. The van der Waals surface area contributed by atoms with E-state index in [1.54, 1.807) is 6.07 Å². The van der Waals surface area contributed by atoms with Crippen LogP contribution in [0, 0.1) is 5.82 Å². The second-order valence-electron chi connectivity index (χ2n) is 6.17. The SMILES string of the molecule is NC=O.O=C1C(Nc2cc(F)cc(Cl)c2)CCCN1C1CCCNC1. The number of carbonyl (C=O) groups is 2. The van der Waals surface area contributed by atoms with E-state index in [0.717, 1.165) is 45.3 Å². The minimum absolute atomic E-state index is 0.111. The lowest BCUT2D eigenvalue weighted by molar-refractivity contribution is -0.137. The van der Waals surface area contributed by atoms with Crippen LogP contribution in [-0.4, -0.2) is 48.9 Å². The molecule has 6 nitrogen and oxygen atoms in total. The molecule has 4 N–H and O–H groups in total. The van der Waals surface area contributed by atoms with E-state index in [2.05, 4.69) is 16.4 Å². The zero-order valence-corrected chi connectivity index (χ0v) is 14.8. The van der Waals surface area contributed by atoms with E-state index < -0.39 is 5.82 Å². The fraction of sp³-hybridized carbons (Fsp3) is 0.529. The quantitative estimate of drug-likeness (QED) is 0.707. The summed E-state index contributed by atoms with van der Waals surface area (Å²) in [6.07, 6.45) is 4.13. The molecule has 2 saturated heterocycles. The maximum absolute atomic E-state index is 13.4. The van der Waals surface area contributed by atoms with Gasteiger partial charge in [-0.2, -0.15) is 0 Å². The second kappa shape index (κ2) is 9.58. The van der Waals surface area contributed by atoms with Crippen molar-refractivity contribution in [2.45, 2.75) is 37.8 Å². The first-order chi connectivity index (χ1) is 12.0. The molecule has 0 spiro atoms. The van der Waals surface area contributed by atoms with E-state index in [1.807, 2.05) is 4.90 Å². The highest BCUT2D eigenvalue weighted by atomic mass is 35.5. The van der Waals surface area contributed by atoms with Crippen molar-refractivity contribution in [3.63, 3.8) is 0 Å². The molecule has 0 aliphatic carbocycles. The van der Waals surface area contributed by atoms with Crippen LogP contribution in [-0.2, 0) is 9.59 Å². The first-order valence-corrected chi connectivity index (χ1v) is 8.82. The number of piperidine rings is 2. The third-order valence-electron chi connectivity index (χ3n) is 4.39. The molecule has 2 aliphatic rings. The van der Waals surface area contributed by atoms with Gasteiger partial charge in [0.2, 0.25) is 12.3 Å². The van der Waals surface area contributed by atoms with Crippen molar-refractivity contribution < 1.29 is 14.0 Å². The van der Waals surface area contributed by atoms with Gasteiger partial charge in [0.1, 0.15) is 11.9 Å². The lowest BCUT2D eigenvalue weighted by Gasteiger charge is -2.40. The van der Waals surface area contributed by atoms with Gasteiger partial charge in [-0.15, -0.1) is 0 Å². The molecule has 1 aromatic carbocycles. The third-order valence-corrected chi connectivity index (χ3v) is 4.61. The molecular weight excluding hydrogens is 347 g/mol. The summed E-state index contributed by atoms with van der Waals surface area (Å²) in [5, 5.41) is 6.83. The van der Waals surface area contributed by atoms with Crippen LogP contribution in [0.3, 0.4) is 0 Å². The Kier molecular flexibility index (Phi) is 7.46. The number of hydrogen-bond acceptors (Lipinski definition) is 4. The molecule has 2 fully saturated rings. The van der Waals surface area contributed by atoms with E-state index in [4.69, 9.17) is 16.4 Å². The van der Waals surface area contributed by atoms with Crippen LogP contribution in [0.4, 0.5) is 10.1 Å². The summed E-state index contributed by atoms with van der Waals surface area (Å²) >= 11 is 5.87. The highest BCUT2D eigenvalue weighted by molar-refractivity contribution is 6.30. The van der Waals surface area contributed by atoms with Gasteiger partial charge in [-0.05, 0) is 50.4 Å². The molecule has 2 amide bonds. The Labute approximate surface area is 151 Å². The van der Waals surface area contributed by atoms with Gasteiger partial charge in [-0.3, -0.25) is 9.59 Å². The number of nitrogens with zero attached hydrogens (tertiary/aromatic N) is 1. The van der Waals surface area contributed by atoms with Gasteiger partial charge >= 0.3 is 0 Å². The zero-order valence-electron chi connectivity index (χ0n) is 14.0. The molecule has 0 radical (unpaired) electrons. The average molecular weight is 371 g/mol. The van der Waals surface area contributed by atoms with Crippen molar-refractivity contribution in [1.82, 2.24) is 10.2 Å². The van der Waals surface area contributed by atoms with Gasteiger partial charge in [0.05, 0.1) is 0 Å². The molecule has 0 saturated carbocycles. The van der Waals surface area contributed by atoms with Gasteiger partial charge < -0.3 is 21.3 Å². The Morgan fingerprint density at radius 3 is 2.72 bits per heavy atom. The summed E-state index contributed by atoms with van der Waals surface area (Å²) in [5.74, 6) is -0.285. The summed E-state index contributed by atoms with van der Waals surface area (Å²) in [4.78, 5) is 23.3. The highest BCUT2D eigenvalue weighted by Crippen LogP contribution is 2.24. The van der Waals surface area contributed by atoms with Crippen LogP contribution in [0.15, 0.2) is 18.2 Å². The molecule has 2 heterocycles. The van der Waals surface area contributed by atoms with Gasteiger partial charge in [-0.1, -0.05) is 11.6 Å². The number of amides is 2. The fourth-order valence-electron chi connectivity index (χ4n) is 3.33. The van der Waals surface area contributed by atoms with Crippen LogP contribution in [0.25, 0.3) is 0 Å². The average Bonchev–Trinajstić information content (AvgIpc) is 2.57. The van der Waals surface area contributed by atoms with Gasteiger partial charge in [0.25, 0.3) is 0 Å². The Balaban J connectivity index is 0.000000701. The lowest BCUT2D eigenvalue weighted by atomic mass is 9.98. The van der Waals surface area contributed by atoms with Gasteiger partial charge in [0, 0.05) is 29.8 Å². The number of nitrogens with two attached hydrogens (primary N) is 1. The largest absolute Gasteiger partial charge is 0.374 e. The van der Waals surface area contributed by atoms with Crippen LogP contribution in [0.1, 0.15) is 25.7 Å². The Bertz CT molecular complexity index is 576. The normalized spacial score (nSPS) is 23.4. The number of hydrogen-bond donors (Lipinski definition) is 3. The van der Waals surface area contributed by atoms with Crippen molar-refractivity contribution in [2.24, 2.45) is 5.73 Å². The maximum Gasteiger partial charge on any atom is 0.245 e. The molecule has 25 heavy (non-hydrogen) atoms. The molecular formula is C17H24ClFN4O2. The topological polar surface area (TPSA) is 87.5 Å². The monoisotopic (exact) mass is 370 g/mol. The minimum Gasteiger partial charge on any atom is -0.374 e. The van der Waals surface area contributed by atoms with Crippen LogP contribution >= 0.6 is 11.6 Å².